The van der Waals surface area contributed by atoms with E-state index < -0.39 is 5.41 Å². The summed E-state index contributed by atoms with van der Waals surface area (Å²) in [6, 6.07) is 53.9. The smallest absolute Gasteiger partial charge is 0.160 e. The van der Waals surface area contributed by atoms with Gasteiger partial charge in [-0.15, -0.1) is 0 Å². The molecule has 1 aliphatic heterocycles. The SMILES string of the molecule is CC1(C)c2ccc(-c3ccccc3-c3cc(-c4cccc(-c5ccccc5)c4)nc(-c4ccccc4)n3)cc2Oc2cccc(C#N)c21. The molecule has 1 aliphatic rings. The third kappa shape index (κ3) is 5.12. The minimum Gasteiger partial charge on any atom is -0.457 e. The predicted molar refractivity (Wildman–Crippen MR) is 193 cm³/mol. The molecule has 0 fully saturated rings. The minimum atomic E-state index is -0.395. The lowest BCUT2D eigenvalue weighted by molar-refractivity contribution is 0.417. The fourth-order valence-corrected chi connectivity index (χ4v) is 6.79. The molecule has 0 radical (unpaired) electrons. The first-order chi connectivity index (χ1) is 23.5. The molecule has 1 aromatic heterocycles. The van der Waals surface area contributed by atoms with Crippen LogP contribution in [0.5, 0.6) is 11.5 Å². The van der Waals surface area contributed by atoms with E-state index in [-0.39, 0.29) is 0 Å². The summed E-state index contributed by atoms with van der Waals surface area (Å²) in [5, 5.41) is 9.84. The molecule has 0 aliphatic carbocycles. The Labute approximate surface area is 280 Å². The Morgan fingerprint density at radius 1 is 0.521 bits per heavy atom. The number of hydrogen-bond donors (Lipinski definition) is 0. The lowest BCUT2D eigenvalue weighted by Gasteiger charge is -2.35. The maximum absolute atomic E-state index is 9.84. The summed E-state index contributed by atoms with van der Waals surface area (Å²) in [6.07, 6.45) is 0. The van der Waals surface area contributed by atoms with Crippen LogP contribution in [0.4, 0.5) is 0 Å². The first-order valence-electron chi connectivity index (χ1n) is 16.1. The van der Waals surface area contributed by atoms with Crippen molar-refractivity contribution in [1.82, 2.24) is 9.97 Å². The molecule has 7 aromatic rings. The molecule has 0 atom stereocenters. The van der Waals surface area contributed by atoms with Gasteiger partial charge in [-0.25, -0.2) is 9.97 Å². The van der Waals surface area contributed by atoms with Crippen LogP contribution in [0, 0.1) is 11.3 Å². The van der Waals surface area contributed by atoms with Crippen molar-refractivity contribution in [3.05, 3.63) is 168 Å². The van der Waals surface area contributed by atoms with Crippen molar-refractivity contribution >= 4 is 0 Å². The lowest BCUT2D eigenvalue weighted by Crippen LogP contribution is -2.25. The average Bonchev–Trinajstić information content (AvgIpc) is 3.15. The molecule has 0 spiro atoms. The van der Waals surface area contributed by atoms with Gasteiger partial charge in [-0.1, -0.05) is 135 Å². The van der Waals surface area contributed by atoms with E-state index in [4.69, 9.17) is 14.7 Å². The van der Waals surface area contributed by atoms with Crippen LogP contribution >= 0.6 is 0 Å². The van der Waals surface area contributed by atoms with E-state index in [1.807, 2.05) is 54.6 Å². The van der Waals surface area contributed by atoms with E-state index in [9.17, 15) is 5.26 Å². The van der Waals surface area contributed by atoms with E-state index >= 15 is 0 Å². The number of hydrogen-bond acceptors (Lipinski definition) is 4. The summed E-state index contributed by atoms with van der Waals surface area (Å²) in [7, 11) is 0. The van der Waals surface area contributed by atoms with E-state index in [2.05, 4.69) is 117 Å². The monoisotopic (exact) mass is 617 g/mol. The van der Waals surface area contributed by atoms with Crippen molar-refractivity contribution in [2.24, 2.45) is 0 Å². The van der Waals surface area contributed by atoms with Gasteiger partial charge in [-0.2, -0.15) is 5.26 Å². The van der Waals surface area contributed by atoms with Crippen molar-refractivity contribution in [2.45, 2.75) is 19.3 Å². The van der Waals surface area contributed by atoms with E-state index in [1.54, 1.807) is 0 Å². The van der Waals surface area contributed by atoms with Gasteiger partial charge in [0.05, 0.1) is 23.0 Å². The Hall–Kier alpha value is -6.31. The number of aromatic nitrogens is 2. The second kappa shape index (κ2) is 11.8. The van der Waals surface area contributed by atoms with Crippen LogP contribution < -0.4 is 4.74 Å². The van der Waals surface area contributed by atoms with Gasteiger partial charge in [-0.05, 0) is 52.6 Å². The van der Waals surface area contributed by atoms with Crippen molar-refractivity contribution < 1.29 is 4.74 Å². The highest BCUT2D eigenvalue weighted by molar-refractivity contribution is 5.85. The van der Waals surface area contributed by atoms with Crippen LogP contribution in [0.1, 0.15) is 30.5 Å². The molecule has 4 heteroatoms. The van der Waals surface area contributed by atoms with E-state index in [0.29, 0.717) is 11.4 Å². The first kappa shape index (κ1) is 29.1. The quantitative estimate of drug-likeness (QED) is 0.193. The summed E-state index contributed by atoms with van der Waals surface area (Å²) in [5.74, 6) is 2.19. The zero-order valence-corrected chi connectivity index (χ0v) is 26.7. The highest BCUT2D eigenvalue weighted by atomic mass is 16.5. The zero-order chi connectivity index (χ0) is 32.7. The fourth-order valence-electron chi connectivity index (χ4n) is 6.79. The normalized spacial score (nSPS) is 12.7. The van der Waals surface area contributed by atoms with Gasteiger partial charge in [0, 0.05) is 33.2 Å². The second-order valence-corrected chi connectivity index (χ2v) is 12.5. The summed E-state index contributed by atoms with van der Waals surface area (Å²) in [5.41, 5.74) is 11.2. The van der Waals surface area contributed by atoms with Gasteiger partial charge in [-0.3, -0.25) is 0 Å². The highest BCUT2D eigenvalue weighted by Crippen LogP contribution is 2.50. The first-order valence-corrected chi connectivity index (χ1v) is 16.1. The fraction of sp³-hybridized carbons (Fsp3) is 0.0682. The van der Waals surface area contributed by atoms with Crippen LogP contribution in [0.3, 0.4) is 0 Å². The third-order valence-electron chi connectivity index (χ3n) is 9.18. The van der Waals surface area contributed by atoms with Gasteiger partial charge in [0.15, 0.2) is 5.82 Å². The van der Waals surface area contributed by atoms with Gasteiger partial charge in [0.1, 0.15) is 11.5 Å². The van der Waals surface area contributed by atoms with Gasteiger partial charge in [0.2, 0.25) is 0 Å². The number of fused-ring (bicyclic) bond motifs is 2. The molecule has 228 valence electrons. The van der Waals surface area contributed by atoms with Crippen molar-refractivity contribution in [2.75, 3.05) is 0 Å². The number of ether oxygens (including phenoxy) is 1. The molecule has 48 heavy (non-hydrogen) atoms. The Bertz CT molecular complexity index is 2350. The predicted octanol–water partition coefficient (Wildman–Crippen LogP) is 11.1. The van der Waals surface area contributed by atoms with Crippen LogP contribution in [0.15, 0.2) is 152 Å². The molecule has 0 unspecified atom stereocenters. The molecule has 8 rings (SSSR count). The average molecular weight is 618 g/mol. The Kier molecular flexibility index (Phi) is 7.16. The summed E-state index contributed by atoms with van der Waals surface area (Å²) in [4.78, 5) is 10.2. The summed E-state index contributed by atoms with van der Waals surface area (Å²) >= 11 is 0. The number of benzene rings is 6. The Balaban J connectivity index is 1.26. The third-order valence-corrected chi connectivity index (χ3v) is 9.18. The van der Waals surface area contributed by atoms with Crippen molar-refractivity contribution in [3.8, 4) is 73.7 Å². The minimum absolute atomic E-state index is 0.395. The summed E-state index contributed by atoms with van der Waals surface area (Å²) in [6.45, 7) is 4.31. The molecule has 0 bridgehead atoms. The van der Waals surface area contributed by atoms with Gasteiger partial charge in [0.25, 0.3) is 0 Å². The molecular weight excluding hydrogens is 587 g/mol. The second-order valence-electron chi connectivity index (χ2n) is 12.5. The van der Waals surface area contributed by atoms with Crippen LogP contribution in [-0.2, 0) is 5.41 Å². The van der Waals surface area contributed by atoms with E-state index in [1.165, 1.54) is 0 Å². The molecule has 0 saturated carbocycles. The van der Waals surface area contributed by atoms with Gasteiger partial charge >= 0.3 is 0 Å². The molecule has 6 aromatic carbocycles. The Morgan fingerprint density at radius 2 is 1.17 bits per heavy atom. The summed E-state index contributed by atoms with van der Waals surface area (Å²) < 4.78 is 6.49. The zero-order valence-electron chi connectivity index (χ0n) is 26.7. The molecule has 0 saturated heterocycles. The molecular formula is C44H31N3O. The molecule has 0 N–H and O–H groups in total. The standard InChI is InChI=1S/C44H31N3O/c1-44(2)37-24-23-32(26-41(37)48-40-22-12-19-34(28-45)42(40)44)35-20-9-10-21-36(35)39-27-38(46-43(47-39)30-15-7-4-8-16-30)33-18-11-17-31(25-33)29-13-5-3-6-14-29/h3-27H,1-2H3. The molecule has 4 nitrogen and oxygen atoms in total. The molecule has 0 amide bonds. The lowest BCUT2D eigenvalue weighted by atomic mass is 9.73. The Morgan fingerprint density at radius 3 is 1.94 bits per heavy atom. The van der Waals surface area contributed by atoms with Crippen LogP contribution in [-0.4, -0.2) is 9.97 Å². The molecule has 2 heterocycles. The number of nitriles is 1. The van der Waals surface area contributed by atoms with Crippen molar-refractivity contribution in [1.29, 1.82) is 5.26 Å². The van der Waals surface area contributed by atoms with Crippen LogP contribution in [0.2, 0.25) is 0 Å². The van der Waals surface area contributed by atoms with Crippen molar-refractivity contribution in [3.63, 3.8) is 0 Å². The maximum Gasteiger partial charge on any atom is 0.160 e. The van der Waals surface area contributed by atoms with Gasteiger partial charge < -0.3 is 4.74 Å². The van der Waals surface area contributed by atoms with Crippen LogP contribution in [0.25, 0.3) is 56.2 Å². The number of rotatable bonds is 5. The largest absolute Gasteiger partial charge is 0.457 e. The maximum atomic E-state index is 9.84. The topological polar surface area (TPSA) is 58.8 Å². The highest BCUT2D eigenvalue weighted by Gasteiger charge is 2.36. The van der Waals surface area contributed by atoms with E-state index in [0.717, 1.165) is 73.0 Å². The number of nitrogens with zero attached hydrogens (tertiary/aromatic N) is 3.